The zero-order valence-corrected chi connectivity index (χ0v) is 33.6. The molecular weight excluding hydrogens is 688 g/mol. The second-order valence-corrected chi connectivity index (χ2v) is 16.6. The second kappa shape index (κ2) is 16.9. The number of amides is 4. The normalized spacial score (nSPS) is 15.7. The Morgan fingerprint density at radius 2 is 1.47 bits per heavy atom. The van der Waals surface area contributed by atoms with E-state index in [9.17, 15) is 19.2 Å². The van der Waals surface area contributed by atoms with E-state index in [0.29, 0.717) is 23.6 Å². The van der Waals surface area contributed by atoms with Crippen LogP contribution in [0.2, 0.25) is 0 Å². The first-order chi connectivity index (χ1) is 24.9. The fourth-order valence-electron chi connectivity index (χ4n) is 6.31. The first kappa shape index (κ1) is 41.5. The van der Waals surface area contributed by atoms with Gasteiger partial charge in [0.25, 0.3) is 16.8 Å². The molecule has 0 spiro atoms. The SMILES string of the molecule is CCC(C)(C)c1ccc(OC(C)CCNCC(C)(C)C(=O)C(Cl)(C(=O)Nc2ccccc2)N2C(=O)CN(Cc3ccccc3)C2=O)c(C(C)(C)CC)c1. The van der Waals surface area contributed by atoms with Crippen LogP contribution in [0.15, 0.2) is 78.9 Å². The van der Waals surface area contributed by atoms with Crippen molar-refractivity contribution in [3.05, 3.63) is 95.6 Å². The van der Waals surface area contributed by atoms with E-state index in [1.807, 2.05) is 37.3 Å². The van der Waals surface area contributed by atoms with E-state index in [4.69, 9.17) is 16.3 Å². The van der Waals surface area contributed by atoms with Gasteiger partial charge in [-0.15, -0.1) is 0 Å². The number of nitrogens with one attached hydrogen (secondary N) is 2. The summed E-state index contributed by atoms with van der Waals surface area (Å²) in [6.07, 6.45) is 2.48. The van der Waals surface area contributed by atoms with Gasteiger partial charge in [-0.1, -0.05) is 128 Å². The van der Waals surface area contributed by atoms with Crippen LogP contribution < -0.4 is 15.4 Å². The number of Topliss-reactive ketones (excluding diaryl/α,β-unsaturated/α-hetero) is 1. The number of imide groups is 1. The number of anilines is 1. The number of halogens is 1. The standard InChI is InChI=1S/C43H57ClN4O5/c1-10-40(4,5)32-22-23-35(34(26-32)41(6,7)11-2)53-30(3)24-25-45-29-42(8,9)37(50)43(44,38(51)46-33-20-16-13-17-21-33)48-36(49)28-47(39(48)52)27-31-18-14-12-15-19-31/h12-23,26,30,45H,10-11,24-25,27-29H2,1-9H3,(H,46,51). The minimum Gasteiger partial charge on any atom is -0.490 e. The molecule has 1 aliphatic heterocycles. The largest absolute Gasteiger partial charge is 0.490 e. The molecule has 0 aromatic heterocycles. The highest BCUT2D eigenvalue weighted by molar-refractivity contribution is 6.50. The summed E-state index contributed by atoms with van der Waals surface area (Å²) in [5.74, 6) is -1.62. The Kier molecular flexibility index (Phi) is 13.2. The van der Waals surface area contributed by atoms with Gasteiger partial charge in [0.1, 0.15) is 12.3 Å². The lowest BCUT2D eigenvalue weighted by Gasteiger charge is -2.37. The molecule has 0 saturated carbocycles. The molecule has 2 atom stereocenters. The number of ketones is 1. The maximum Gasteiger partial charge on any atom is 0.329 e. The summed E-state index contributed by atoms with van der Waals surface area (Å²) in [4.78, 5) is 55.1. The summed E-state index contributed by atoms with van der Waals surface area (Å²) in [6.45, 7) is 19.2. The van der Waals surface area contributed by atoms with Gasteiger partial charge in [-0.3, -0.25) is 14.4 Å². The lowest BCUT2D eigenvalue weighted by Crippen LogP contribution is -2.64. The lowest BCUT2D eigenvalue weighted by molar-refractivity contribution is -0.146. The van der Waals surface area contributed by atoms with E-state index in [-0.39, 0.29) is 36.6 Å². The average molecular weight is 745 g/mol. The molecule has 0 aliphatic carbocycles. The maximum absolute atomic E-state index is 14.5. The number of rotatable bonds is 18. The van der Waals surface area contributed by atoms with Crippen LogP contribution in [0, 0.1) is 5.41 Å². The highest BCUT2D eigenvalue weighted by Crippen LogP contribution is 2.39. The van der Waals surface area contributed by atoms with Crippen LogP contribution in [0.4, 0.5) is 10.5 Å². The van der Waals surface area contributed by atoms with Gasteiger partial charge in [-0.2, -0.15) is 0 Å². The van der Waals surface area contributed by atoms with Gasteiger partial charge in [0, 0.05) is 29.8 Å². The van der Waals surface area contributed by atoms with Crippen LogP contribution in [0.1, 0.15) is 98.3 Å². The predicted molar refractivity (Wildman–Crippen MR) is 212 cm³/mol. The lowest BCUT2D eigenvalue weighted by atomic mass is 9.76. The van der Waals surface area contributed by atoms with Crippen molar-refractivity contribution in [3.8, 4) is 5.75 Å². The molecule has 2 N–H and O–H groups in total. The topological polar surface area (TPSA) is 108 Å². The number of ether oxygens (including phenoxy) is 1. The molecule has 286 valence electrons. The van der Waals surface area contributed by atoms with E-state index in [1.54, 1.807) is 44.2 Å². The number of urea groups is 1. The van der Waals surface area contributed by atoms with Crippen molar-refractivity contribution in [2.75, 3.05) is 25.0 Å². The van der Waals surface area contributed by atoms with Crippen molar-refractivity contribution in [1.82, 2.24) is 15.1 Å². The Labute approximate surface area is 320 Å². The molecule has 0 bridgehead atoms. The third kappa shape index (κ3) is 9.48. The van der Waals surface area contributed by atoms with Crippen LogP contribution in [0.25, 0.3) is 0 Å². The summed E-state index contributed by atoms with van der Waals surface area (Å²) in [6, 6.07) is 23.4. The molecule has 1 fully saturated rings. The van der Waals surface area contributed by atoms with Crippen molar-refractivity contribution < 1.29 is 23.9 Å². The number of carbonyl (C=O) groups is 4. The van der Waals surface area contributed by atoms with E-state index < -0.39 is 34.0 Å². The predicted octanol–water partition coefficient (Wildman–Crippen LogP) is 8.44. The Hall–Kier alpha value is -4.21. The van der Waals surface area contributed by atoms with Gasteiger partial charge < -0.3 is 20.3 Å². The van der Waals surface area contributed by atoms with Gasteiger partial charge in [0.15, 0.2) is 5.78 Å². The van der Waals surface area contributed by atoms with Crippen molar-refractivity contribution in [3.63, 3.8) is 0 Å². The number of alkyl halides is 1. The van der Waals surface area contributed by atoms with Gasteiger partial charge in [0.2, 0.25) is 0 Å². The highest BCUT2D eigenvalue weighted by atomic mass is 35.5. The first-order valence-electron chi connectivity index (χ1n) is 18.7. The van der Waals surface area contributed by atoms with Crippen LogP contribution in [0.3, 0.4) is 0 Å². The Bertz CT molecular complexity index is 1760. The molecule has 4 amide bonds. The number of nitrogens with zero attached hydrogens (tertiary/aromatic N) is 2. The van der Waals surface area contributed by atoms with Crippen LogP contribution >= 0.6 is 11.6 Å². The zero-order chi connectivity index (χ0) is 39.2. The summed E-state index contributed by atoms with van der Waals surface area (Å²) in [7, 11) is 0. The van der Waals surface area contributed by atoms with Crippen LogP contribution in [-0.2, 0) is 31.8 Å². The fourth-order valence-corrected chi connectivity index (χ4v) is 6.78. The van der Waals surface area contributed by atoms with E-state index in [0.717, 1.165) is 24.2 Å². The third-order valence-electron chi connectivity index (χ3n) is 10.7. The maximum atomic E-state index is 14.5. The molecule has 4 rings (SSSR count). The van der Waals surface area contributed by atoms with Crippen molar-refractivity contribution in [2.24, 2.45) is 5.41 Å². The molecule has 1 heterocycles. The number of hydrogen-bond acceptors (Lipinski definition) is 6. The second-order valence-electron chi connectivity index (χ2n) is 16.1. The van der Waals surface area contributed by atoms with Gasteiger partial charge >= 0.3 is 6.03 Å². The Balaban J connectivity index is 1.49. The van der Waals surface area contributed by atoms with Crippen LogP contribution in [-0.4, -0.2) is 64.2 Å². The molecule has 0 radical (unpaired) electrons. The number of para-hydroxylation sites is 1. The average Bonchev–Trinajstić information content (AvgIpc) is 3.41. The first-order valence-corrected chi connectivity index (χ1v) is 19.0. The monoisotopic (exact) mass is 744 g/mol. The molecular formula is C43H57ClN4O5. The molecule has 10 heteroatoms. The quantitative estimate of drug-likeness (QED) is 0.0445. The number of carbonyl (C=O) groups excluding carboxylic acids is 4. The Morgan fingerprint density at radius 1 is 0.868 bits per heavy atom. The van der Waals surface area contributed by atoms with Crippen LogP contribution in [0.5, 0.6) is 5.75 Å². The third-order valence-corrected chi connectivity index (χ3v) is 11.2. The number of benzene rings is 3. The Morgan fingerprint density at radius 3 is 2.08 bits per heavy atom. The van der Waals surface area contributed by atoms with E-state index in [2.05, 4.69) is 70.4 Å². The van der Waals surface area contributed by atoms with Gasteiger partial charge in [-0.25, -0.2) is 9.69 Å². The molecule has 3 aromatic rings. The smallest absolute Gasteiger partial charge is 0.329 e. The molecule has 2 unspecified atom stereocenters. The van der Waals surface area contributed by atoms with Crippen molar-refractivity contribution >= 4 is 40.9 Å². The zero-order valence-electron chi connectivity index (χ0n) is 32.8. The van der Waals surface area contributed by atoms with Gasteiger partial charge in [0.05, 0.1) is 6.10 Å². The van der Waals surface area contributed by atoms with Gasteiger partial charge in [-0.05, 0) is 72.9 Å². The summed E-state index contributed by atoms with van der Waals surface area (Å²) in [5.41, 5.74) is 2.35. The summed E-state index contributed by atoms with van der Waals surface area (Å²) < 4.78 is 6.53. The summed E-state index contributed by atoms with van der Waals surface area (Å²) in [5, 5.41) is 6.01. The van der Waals surface area contributed by atoms with E-state index in [1.165, 1.54) is 16.0 Å². The fraction of sp³-hybridized carbons (Fsp3) is 0.488. The number of hydrogen-bond donors (Lipinski definition) is 2. The van der Waals surface area contributed by atoms with E-state index >= 15 is 0 Å². The molecule has 1 aliphatic rings. The molecule has 3 aromatic carbocycles. The minimum absolute atomic E-state index is 0.0522. The summed E-state index contributed by atoms with van der Waals surface area (Å²) >= 11 is 7.05. The molecule has 53 heavy (non-hydrogen) atoms. The highest BCUT2D eigenvalue weighted by Gasteiger charge is 2.61. The minimum atomic E-state index is -2.64. The van der Waals surface area contributed by atoms with Crippen molar-refractivity contribution in [2.45, 2.75) is 110 Å². The molecule has 1 saturated heterocycles. The van der Waals surface area contributed by atoms with Crippen molar-refractivity contribution in [1.29, 1.82) is 0 Å². The molecule has 9 nitrogen and oxygen atoms in total.